The van der Waals surface area contributed by atoms with Crippen LogP contribution in [0, 0.1) is 0 Å². The number of carbonyl (C=O) groups excluding carboxylic acids is 2. The molecule has 0 radical (unpaired) electrons. The van der Waals surface area contributed by atoms with Crippen molar-refractivity contribution in [1.29, 1.82) is 0 Å². The third-order valence-corrected chi connectivity index (χ3v) is 7.55. The standard InChI is InChI=1S/C24H27N3O4S/c1-17(28)19-5-4-6-20(15-19)32(30,31)26-12-9-24(29)27-13-10-18(11-14-27)22-16-25-23-8-3-2-7-21(22)23/h2-8,15-16,18,25-26H,9-14H2,1H3. The lowest BCUT2D eigenvalue weighted by atomic mass is 9.89. The summed E-state index contributed by atoms with van der Waals surface area (Å²) in [6.07, 6.45) is 3.94. The van der Waals surface area contributed by atoms with E-state index in [0.717, 1.165) is 18.4 Å². The zero-order chi connectivity index (χ0) is 22.7. The van der Waals surface area contributed by atoms with Crippen LogP contribution >= 0.6 is 0 Å². The van der Waals surface area contributed by atoms with Gasteiger partial charge in [-0.1, -0.05) is 30.3 Å². The maximum atomic E-state index is 12.6. The van der Waals surface area contributed by atoms with Gasteiger partial charge in [0, 0.05) is 48.7 Å². The van der Waals surface area contributed by atoms with Gasteiger partial charge < -0.3 is 9.88 Å². The molecule has 0 aliphatic carbocycles. The van der Waals surface area contributed by atoms with Crippen LogP contribution in [-0.2, 0) is 14.8 Å². The fourth-order valence-corrected chi connectivity index (χ4v) is 5.36. The van der Waals surface area contributed by atoms with E-state index in [2.05, 4.69) is 28.0 Å². The lowest BCUT2D eigenvalue weighted by molar-refractivity contribution is -0.132. The number of aromatic nitrogens is 1. The van der Waals surface area contributed by atoms with Crippen LogP contribution in [0.15, 0.2) is 59.6 Å². The van der Waals surface area contributed by atoms with E-state index < -0.39 is 10.0 Å². The number of nitrogens with zero attached hydrogens (tertiary/aromatic N) is 1. The van der Waals surface area contributed by atoms with Gasteiger partial charge in [0.2, 0.25) is 15.9 Å². The number of nitrogens with one attached hydrogen (secondary N) is 2. The van der Waals surface area contributed by atoms with Crippen molar-refractivity contribution < 1.29 is 18.0 Å². The molecule has 2 aromatic carbocycles. The van der Waals surface area contributed by atoms with Gasteiger partial charge in [0.1, 0.15) is 0 Å². The minimum Gasteiger partial charge on any atom is -0.361 e. The number of piperidine rings is 1. The normalized spacial score (nSPS) is 15.2. The summed E-state index contributed by atoms with van der Waals surface area (Å²) in [7, 11) is -3.78. The minimum atomic E-state index is -3.78. The molecule has 168 valence electrons. The predicted octanol–water partition coefficient (Wildman–Crippen LogP) is 3.45. The van der Waals surface area contributed by atoms with Crippen LogP contribution in [0.3, 0.4) is 0 Å². The van der Waals surface area contributed by atoms with Crippen molar-refractivity contribution in [2.45, 2.75) is 37.0 Å². The first-order chi connectivity index (χ1) is 15.3. The number of sulfonamides is 1. The van der Waals surface area contributed by atoms with Crippen molar-refractivity contribution in [3.63, 3.8) is 0 Å². The highest BCUT2D eigenvalue weighted by Crippen LogP contribution is 2.33. The van der Waals surface area contributed by atoms with Gasteiger partial charge in [-0.05, 0) is 49.4 Å². The summed E-state index contributed by atoms with van der Waals surface area (Å²) >= 11 is 0. The largest absolute Gasteiger partial charge is 0.361 e. The monoisotopic (exact) mass is 453 g/mol. The van der Waals surface area contributed by atoms with Gasteiger partial charge in [-0.15, -0.1) is 0 Å². The average molecular weight is 454 g/mol. The van der Waals surface area contributed by atoms with Gasteiger partial charge in [-0.3, -0.25) is 9.59 Å². The van der Waals surface area contributed by atoms with Crippen molar-refractivity contribution in [3.05, 3.63) is 65.9 Å². The number of carbonyl (C=O) groups is 2. The molecule has 7 nitrogen and oxygen atoms in total. The molecule has 1 aliphatic heterocycles. The molecular weight excluding hydrogens is 426 g/mol. The van der Waals surface area contributed by atoms with Gasteiger partial charge in [0.25, 0.3) is 0 Å². The van der Waals surface area contributed by atoms with Crippen LogP contribution in [-0.4, -0.2) is 49.6 Å². The van der Waals surface area contributed by atoms with E-state index >= 15 is 0 Å². The van der Waals surface area contributed by atoms with E-state index in [1.54, 1.807) is 6.07 Å². The first kappa shape index (κ1) is 22.2. The Morgan fingerprint density at radius 3 is 2.59 bits per heavy atom. The van der Waals surface area contributed by atoms with Crippen molar-refractivity contribution in [2.24, 2.45) is 0 Å². The maximum absolute atomic E-state index is 12.6. The minimum absolute atomic E-state index is 0.0217. The van der Waals surface area contributed by atoms with Gasteiger partial charge >= 0.3 is 0 Å². The van der Waals surface area contributed by atoms with Crippen LogP contribution in [0.5, 0.6) is 0 Å². The third kappa shape index (κ3) is 4.76. The van der Waals surface area contributed by atoms with E-state index in [-0.39, 0.29) is 29.6 Å². The smallest absolute Gasteiger partial charge is 0.240 e. The summed E-state index contributed by atoms with van der Waals surface area (Å²) in [4.78, 5) is 29.3. The number of hydrogen-bond acceptors (Lipinski definition) is 4. The zero-order valence-electron chi connectivity index (χ0n) is 18.0. The molecule has 1 amide bonds. The fourth-order valence-electron chi connectivity index (χ4n) is 4.29. The SMILES string of the molecule is CC(=O)c1cccc(S(=O)(=O)NCCC(=O)N2CCC(c3c[nH]c4ccccc34)CC2)c1. The molecule has 0 bridgehead atoms. The second kappa shape index (κ2) is 9.26. The molecule has 1 fully saturated rings. The maximum Gasteiger partial charge on any atom is 0.240 e. The van der Waals surface area contributed by atoms with Crippen molar-refractivity contribution >= 4 is 32.6 Å². The van der Waals surface area contributed by atoms with Crippen LogP contribution < -0.4 is 4.72 Å². The Hall–Kier alpha value is -2.97. The second-order valence-corrected chi connectivity index (χ2v) is 9.94. The number of fused-ring (bicyclic) bond motifs is 1. The van der Waals surface area contributed by atoms with Crippen molar-refractivity contribution in [2.75, 3.05) is 19.6 Å². The topological polar surface area (TPSA) is 99.3 Å². The number of ketones is 1. The van der Waals surface area contributed by atoms with Crippen LogP contribution in [0.2, 0.25) is 0 Å². The summed E-state index contributed by atoms with van der Waals surface area (Å²) in [5.41, 5.74) is 2.76. The molecule has 0 unspecified atom stereocenters. The highest BCUT2D eigenvalue weighted by molar-refractivity contribution is 7.89. The molecule has 32 heavy (non-hydrogen) atoms. The third-order valence-electron chi connectivity index (χ3n) is 6.09. The Morgan fingerprint density at radius 1 is 1.09 bits per heavy atom. The van der Waals surface area contributed by atoms with E-state index in [1.807, 2.05) is 17.0 Å². The summed E-state index contributed by atoms with van der Waals surface area (Å²) in [5.74, 6) is 0.151. The summed E-state index contributed by atoms with van der Waals surface area (Å²) in [6.45, 7) is 2.74. The highest BCUT2D eigenvalue weighted by atomic mass is 32.2. The van der Waals surface area contributed by atoms with Gasteiger partial charge in [-0.2, -0.15) is 0 Å². The van der Waals surface area contributed by atoms with Crippen LogP contribution in [0.4, 0.5) is 0 Å². The fraction of sp³-hybridized carbons (Fsp3) is 0.333. The number of amides is 1. The molecule has 2 N–H and O–H groups in total. The van der Waals surface area contributed by atoms with E-state index in [4.69, 9.17) is 0 Å². The molecule has 3 aromatic rings. The number of likely N-dealkylation sites (tertiary alicyclic amines) is 1. The highest BCUT2D eigenvalue weighted by Gasteiger charge is 2.25. The summed E-state index contributed by atoms with van der Waals surface area (Å²) < 4.78 is 27.5. The van der Waals surface area contributed by atoms with Gasteiger partial charge in [0.15, 0.2) is 5.78 Å². The van der Waals surface area contributed by atoms with E-state index in [9.17, 15) is 18.0 Å². The Balaban J connectivity index is 1.29. The molecule has 1 aromatic heterocycles. The molecule has 4 rings (SSSR count). The average Bonchev–Trinajstić information content (AvgIpc) is 3.23. The van der Waals surface area contributed by atoms with Gasteiger partial charge in [-0.25, -0.2) is 13.1 Å². The molecule has 0 atom stereocenters. The number of rotatable bonds is 7. The number of hydrogen-bond donors (Lipinski definition) is 2. The Kier molecular flexibility index (Phi) is 6.43. The van der Waals surface area contributed by atoms with E-state index in [1.165, 1.54) is 36.1 Å². The quantitative estimate of drug-likeness (QED) is 0.535. The Bertz CT molecular complexity index is 1240. The van der Waals surface area contributed by atoms with Crippen LogP contribution in [0.1, 0.15) is 48.0 Å². The predicted molar refractivity (Wildman–Crippen MR) is 123 cm³/mol. The second-order valence-electron chi connectivity index (χ2n) is 8.18. The summed E-state index contributed by atoms with van der Waals surface area (Å²) in [5, 5.41) is 1.24. The molecule has 0 saturated carbocycles. The van der Waals surface area contributed by atoms with E-state index in [0.29, 0.717) is 24.6 Å². The lowest BCUT2D eigenvalue weighted by Gasteiger charge is -2.32. The Morgan fingerprint density at radius 2 is 1.84 bits per heavy atom. The van der Waals surface area contributed by atoms with Crippen LogP contribution in [0.25, 0.3) is 10.9 Å². The molecule has 2 heterocycles. The number of para-hydroxylation sites is 1. The van der Waals surface area contributed by atoms with Crippen molar-refractivity contribution in [3.8, 4) is 0 Å². The molecule has 1 saturated heterocycles. The number of H-pyrrole nitrogens is 1. The molecule has 1 aliphatic rings. The summed E-state index contributed by atoms with van der Waals surface area (Å²) in [6, 6.07) is 14.1. The lowest BCUT2D eigenvalue weighted by Crippen LogP contribution is -2.39. The van der Waals surface area contributed by atoms with Gasteiger partial charge in [0.05, 0.1) is 4.90 Å². The van der Waals surface area contributed by atoms with Crippen molar-refractivity contribution in [1.82, 2.24) is 14.6 Å². The molecular formula is C24H27N3O4S. The zero-order valence-corrected chi connectivity index (χ0v) is 18.8. The number of Topliss-reactive ketones (excluding diaryl/α,β-unsaturated/α-hetero) is 1. The Labute approximate surface area is 187 Å². The first-order valence-electron chi connectivity index (χ1n) is 10.8. The number of aromatic amines is 1. The number of benzene rings is 2. The first-order valence-corrected chi connectivity index (χ1v) is 12.3. The molecule has 0 spiro atoms. The molecule has 8 heteroatoms.